The Bertz CT molecular complexity index is 952. The van der Waals surface area contributed by atoms with Gasteiger partial charge in [-0.1, -0.05) is 23.7 Å². The Morgan fingerprint density at radius 3 is 2.69 bits per heavy atom. The van der Waals surface area contributed by atoms with Crippen molar-refractivity contribution in [1.82, 2.24) is 21.2 Å². The second-order valence-electron chi connectivity index (χ2n) is 6.85. The predicted octanol–water partition coefficient (Wildman–Crippen LogP) is 1.95. The van der Waals surface area contributed by atoms with Gasteiger partial charge in [0.15, 0.2) is 5.13 Å². The minimum absolute atomic E-state index is 0.206. The summed E-state index contributed by atoms with van der Waals surface area (Å²) in [6, 6.07) is 5.75. The molecule has 0 radical (unpaired) electrons. The molecule has 1 aromatic heterocycles. The number of amides is 3. The van der Waals surface area contributed by atoms with Gasteiger partial charge in [-0.25, -0.2) is 4.98 Å². The number of morpholine rings is 1. The maximum absolute atomic E-state index is 12.7. The van der Waals surface area contributed by atoms with Gasteiger partial charge in [0.25, 0.3) is 17.7 Å². The normalized spacial score (nSPS) is 14.5. The third kappa shape index (κ3) is 6.58. The Morgan fingerprint density at radius 2 is 1.97 bits per heavy atom. The molecule has 32 heavy (non-hydrogen) atoms. The number of anilines is 1. The number of nitrogens with one attached hydrogen (secondary N) is 3. The van der Waals surface area contributed by atoms with Crippen LogP contribution in [-0.2, 0) is 9.53 Å². The van der Waals surface area contributed by atoms with Gasteiger partial charge in [0.1, 0.15) is 11.7 Å². The minimum atomic E-state index is -0.842. The van der Waals surface area contributed by atoms with Gasteiger partial charge < -0.3 is 15.0 Å². The third-order valence-corrected chi connectivity index (χ3v) is 6.53. The van der Waals surface area contributed by atoms with Crippen molar-refractivity contribution in [1.29, 1.82) is 0 Å². The van der Waals surface area contributed by atoms with Crippen molar-refractivity contribution in [3.05, 3.63) is 45.9 Å². The van der Waals surface area contributed by atoms with E-state index in [1.165, 1.54) is 11.3 Å². The van der Waals surface area contributed by atoms with E-state index in [0.29, 0.717) is 43.5 Å². The fourth-order valence-electron chi connectivity index (χ4n) is 2.92. The van der Waals surface area contributed by atoms with Crippen molar-refractivity contribution in [3.63, 3.8) is 0 Å². The molecule has 2 aromatic rings. The molecule has 1 atom stereocenters. The maximum atomic E-state index is 12.7. The molecule has 9 nitrogen and oxygen atoms in total. The summed E-state index contributed by atoms with van der Waals surface area (Å²) in [5.41, 5.74) is 5.24. The summed E-state index contributed by atoms with van der Waals surface area (Å²) in [6.45, 7) is 2.67. The molecule has 0 unspecified atom stereocenters. The maximum Gasteiger partial charge on any atom is 0.289 e. The summed E-state index contributed by atoms with van der Waals surface area (Å²) in [6.07, 6.45) is 2.29. The molecule has 12 heteroatoms. The van der Waals surface area contributed by atoms with Crippen molar-refractivity contribution in [2.75, 3.05) is 43.2 Å². The molecule has 1 fully saturated rings. The van der Waals surface area contributed by atoms with Crippen molar-refractivity contribution >= 4 is 57.6 Å². The summed E-state index contributed by atoms with van der Waals surface area (Å²) in [7, 11) is 0. The van der Waals surface area contributed by atoms with Crippen LogP contribution in [0.15, 0.2) is 29.6 Å². The molecular weight excluding hydrogens is 474 g/mol. The van der Waals surface area contributed by atoms with Gasteiger partial charge >= 0.3 is 0 Å². The summed E-state index contributed by atoms with van der Waals surface area (Å²) in [5.74, 6) is -0.881. The van der Waals surface area contributed by atoms with E-state index < -0.39 is 23.8 Å². The Hall–Kier alpha value is -2.34. The molecular formula is C20H24ClN5O4S2. The number of thioether (sulfide) groups is 1. The van der Waals surface area contributed by atoms with Crippen molar-refractivity contribution in [3.8, 4) is 0 Å². The molecule has 172 valence electrons. The third-order valence-electron chi connectivity index (χ3n) is 4.66. The number of ether oxygens (including phenoxy) is 1. The smallest absolute Gasteiger partial charge is 0.289 e. The van der Waals surface area contributed by atoms with E-state index in [9.17, 15) is 14.4 Å². The molecule has 0 aliphatic carbocycles. The fraction of sp³-hybridized carbons (Fsp3) is 0.400. The lowest BCUT2D eigenvalue weighted by molar-refractivity contribution is -0.123. The summed E-state index contributed by atoms with van der Waals surface area (Å²) < 4.78 is 5.32. The average Bonchev–Trinajstić information content (AvgIpc) is 3.31. The molecule has 0 spiro atoms. The lowest BCUT2D eigenvalue weighted by Gasteiger charge is -2.25. The average molecular weight is 498 g/mol. The Kier molecular flexibility index (Phi) is 9.15. The molecule has 3 rings (SSSR count). The zero-order valence-electron chi connectivity index (χ0n) is 17.4. The number of carbonyl (C=O) groups is 3. The quantitative estimate of drug-likeness (QED) is 0.478. The van der Waals surface area contributed by atoms with E-state index in [2.05, 4.69) is 21.2 Å². The highest BCUT2D eigenvalue weighted by Gasteiger charge is 2.23. The number of thiazole rings is 1. The van der Waals surface area contributed by atoms with Crippen LogP contribution in [0.2, 0.25) is 5.02 Å². The Labute approximate surface area is 199 Å². The lowest BCUT2D eigenvalue weighted by atomic mass is 10.1. The SMILES string of the molecule is CSCC[C@H](NC(=O)c1ccccc1Cl)C(=O)NNC(=O)c1csc(N2CCOCC2)n1. The van der Waals surface area contributed by atoms with Gasteiger partial charge in [0.2, 0.25) is 0 Å². The number of halogens is 1. The van der Waals surface area contributed by atoms with Crippen molar-refractivity contribution in [2.24, 2.45) is 0 Å². The topological polar surface area (TPSA) is 113 Å². The van der Waals surface area contributed by atoms with E-state index in [1.54, 1.807) is 41.4 Å². The first-order valence-electron chi connectivity index (χ1n) is 9.92. The van der Waals surface area contributed by atoms with Crippen LogP contribution in [0.25, 0.3) is 0 Å². The van der Waals surface area contributed by atoms with E-state index in [4.69, 9.17) is 16.3 Å². The minimum Gasteiger partial charge on any atom is -0.378 e. The Morgan fingerprint density at radius 1 is 1.22 bits per heavy atom. The molecule has 1 aromatic carbocycles. The highest BCUT2D eigenvalue weighted by atomic mass is 35.5. The molecule has 1 aliphatic heterocycles. The number of nitrogens with zero attached hydrogens (tertiary/aromatic N) is 2. The molecule has 2 heterocycles. The van der Waals surface area contributed by atoms with Crippen LogP contribution in [0.4, 0.5) is 5.13 Å². The van der Waals surface area contributed by atoms with E-state index in [-0.39, 0.29) is 11.3 Å². The first kappa shape index (κ1) is 24.3. The number of hydrogen-bond acceptors (Lipinski definition) is 8. The Balaban J connectivity index is 1.57. The standard InChI is InChI=1S/C20H24ClN5O4S2/c1-31-11-6-15(22-17(27)13-4-2-3-5-14(13)21)18(28)24-25-19(29)16-12-32-20(23-16)26-7-9-30-10-8-26/h2-5,12,15H,6-11H2,1H3,(H,22,27)(H,24,28)(H,25,29)/t15-/m0/s1. The van der Waals surface area contributed by atoms with E-state index >= 15 is 0 Å². The number of hydrogen-bond donors (Lipinski definition) is 3. The van der Waals surface area contributed by atoms with E-state index in [0.717, 1.165) is 5.13 Å². The highest BCUT2D eigenvalue weighted by Crippen LogP contribution is 2.21. The molecule has 1 aliphatic rings. The number of carbonyl (C=O) groups excluding carboxylic acids is 3. The van der Waals surface area contributed by atoms with Gasteiger partial charge in [0, 0.05) is 18.5 Å². The first-order chi connectivity index (χ1) is 15.5. The van der Waals surface area contributed by atoms with Crippen LogP contribution < -0.4 is 21.1 Å². The summed E-state index contributed by atoms with van der Waals surface area (Å²) >= 11 is 8.98. The number of hydrazine groups is 1. The molecule has 3 amide bonds. The van der Waals surface area contributed by atoms with Crippen LogP contribution in [0.5, 0.6) is 0 Å². The zero-order chi connectivity index (χ0) is 22.9. The molecule has 3 N–H and O–H groups in total. The van der Waals surface area contributed by atoms with Crippen molar-refractivity contribution < 1.29 is 19.1 Å². The number of rotatable bonds is 8. The predicted molar refractivity (Wildman–Crippen MR) is 126 cm³/mol. The van der Waals surface area contributed by atoms with Crippen molar-refractivity contribution in [2.45, 2.75) is 12.5 Å². The number of benzene rings is 1. The first-order valence-corrected chi connectivity index (χ1v) is 12.6. The van der Waals surface area contributed by atoms with E-state index in [1.807, 2.05) is 11.2 Å². The van der Waals surface area contributed by atoms with Gasteiger partial charge in [-0.3, -0.25) is 25.2 Å². The molecule has 0 saturated carbocycles. The lowest BCUT2D eigenvalue weighted by Crippen LogP contribution is -2.52. The molecule has 1 saturated heterocycles. The van der Waals surface area contributed by atoms with Crippen LogP contribution in [-0.4, -0.2) is 67.1 Å². The highest BCUT2D eigenvalue weighted by molar-refractivity contribution is 7.98. The summed E-state index contributed by atoms with van der Waals surface area (Å²) in [5, 5.41) is 5.35. The van der Waals surface area contributed by atoms with Crippen LogP contribution >= 0.6 is 34.7 Å². The van der Waals surface area contributed by atoms with Crippen LogP contribution in [0.3, 0.4) is 0 Å². The van der Waals surface area contributed by atoms with Gasteiger partial charge in [-0.05, 0) is 30.6 Å². The molecule has 0 bridgehead atoms. The fourth-order valence-corrected chi connectivity index (χ4v) is 4.48. The van der Waals surface area contributed by atoms with Crippen LogP contribution in [0, 0.1) is 0 Å². The second-order valence-corrected chi connectivity index (χ2v) is 9.07. The summed E-state index contributed by atoms with van der Waals surface area (Å²) in [4.78, 5) is 44.1. The van der Waals surface area contributed by atoms with Gasteiger partial charge in [0.05, 0.1) is 23.8 Å². The largest absolute Gasteiger partial charge is 0.378 e. The second kappa shape index (κ2) is 12.0. The zero-order valence-corrected chi connectivity index (χ0v) is 19.8. The monoisotopic (exact) mass is 497 g/mol. The van der Waals surface area contributed by atoms with Crippen LogP contribution in [0.1, 0.15) is 27.3 Å². The number of aromatic nitrogens is 1. The van der Waals surface area contributed by atoms with Gasteiger partial charge in [-0.15, -0.1) is 11.3 Å². The van der Waals surface area contributed by atoms with Gasteiger partial charge in [-0.2, -0.15) is 11.8 Å².